The Hall–Kier alpha value is -2.32. The topological polar surface area (TPSA) is 114 Å². The van der Waals surface area contributed by atoms with Crippen LogP contribution < -0.4 is 16.0 Å². The Morgan fingerprint density at radius 1 is 1.21 bits per heavy atom. The first kappa shape index (κ1) is 19.7. The first-order chi connectivity index (χ1) is 11.3. The summed E-state index contributed by atoms with van der Waals surface area (Å²) in [5.41, 5.74) is -0.481. The number of carbonyl (C=O) groups excluding carboxylic acids is 1. The Balaban J connectivity index is 2.10. The number of aromatic nitrogens is 2. The van der Waals surface area contributed by atoms with Crippen LogP contribution in [0.4, 0.5) is 4.79 Å². The van der Waals surface area contributed by atoms with E-state index in [1.807, 2.05) is 20.8 Å². The molecule has 0 saturated carbocycles. The Kier molecular flexibility index (Phi) is 8.00. The van der Waals surface area contributed by atoms with Crippen LogP contribution in [0.1, 0.15) is 38.9 Å². The molecule has 9 nitrogen and oxygen atoms in total. The van der Waals surface area contributed by atoms with Gasteiger partial charge < -0.3 is 25.2 Å². The van der Waals surface area contributed by atoms with Crippen LogP contribution in [0.25, 0.3) is 0 Å². The molecule has 1 rings (SSSR count). The molecule has 1 aromatic rings. The summed E-state index contributed by atoms with van der Waals surface area (Å²) in [5, 5.41) is 12.8. The molecule has 0 aliphatic carbocycles. The zero-order valence-electron chi connectivity index (χ0n) is 15.1. The lowest BCUT2D eigenvalue weighted by Crippen LogP contribution is -2.40. The van der Waals surface area contributed by atoms with E-state index in [1.165, 1.54) is 0 Å². The van der Waals surface area contributed by atoms with Gasteiger partial charge in [0, 0.05) is 33.1 Å². The average Bonchev–Trinajstić information content (AvgIpc) is 2.88. The van der Waals surface area contributed by atoms with Crippen molar-refractivity contribution in [2.45, 2.75) is 46.1 Å². The van der Waals surface area contributed by atoms with Crippen molar-refractivity contribution in [3.05, 3.63) is 11.7 Å². The Morgan fingerprint density at radius 3 is 2.46 bits per heavy atom. The molecule has 24 heavy (non-hydrogen) atoms. The molecule has 1 amide bonds. The van der Waals surface area contributed by atoms with E-state index >= 15 is 0 Å². The van der Waals surface area contributed by atoms with E-state index in [9.17, 15) is 4.79 Å². The van der Waals surface area contributed by atoms with Crippen molar-refractivity contribution in [2.24, 2.45) is 4.99 Å². The predicted octanol–water partition coefficient (Wildman–Crippen LogP) is 1.00. The lowest BCUT2D eigenvalue weighted by Gasteiger charge is -2.19. The van der Waals surface area contributed by atoms with E-state index in [0.717, 1.165) is 6.42 Å². The molecule has 0 bridgehead atoms. The molecule has 0 spiro atoms. The number of aliphatic imine (C=N–C) groups is 1. The van der Waals surface area contributed by atoms with Crippen LogP contribution in [-0.4, -0.2) is 54.5 Å². The fourth-order valence-corrected chi connectivity index (χ4v) is 1.75. The number of ether oxygens (including phenoxy) is 1. The fourth-order valence-electron chi connectivity index (χ4n) is 1.75. The third kappa shape index (κ3) is 8.96. The van der Waals surface area contributed by atoms with Crippen LogP contribution in [-0.2, 0) is 11.2 Å². The highest BCUT2D eigenvalue weighted by Crippen LogP contribution is 2.06. The second-order valence-electron chi connectivity index (χ2n) is 6.19. The third-order valence-electron chi connectivity index (χ3n) is 2.74. The molecule has 9 heteroatoms. The van der Waals surface area contributed by atoms with Crippen molar-refractivity contribution in [1.82, 2.24) is 26.1 Å². The van der Waals surface area contributed by atoms with Crippen molar-refractivity contribution < 1.29 is 14.1 Å². The maximum Gasteiger partial charge on any atom is 0.407 e. The maximum atomic E-state index is 11.5. The molecular formula is C15H28N6O3. The number of hydrogen-bond acceptors (Lipinski definition) is 6. The van der Waals surface area contributed by atoms with Gasteiger partial charge in [-0.1, -0.05) is 5.16 Å². The molecule has 1 aromatic heterocycles. The summed E-state index contributed by atoms with van der Waals surface area (Å²) >= 11 is 0. The number of nitrogens with zero attached hydrogens (tertiary/aromatic N) is 3. The highest BCUT2D eigenvalue weighted by molar-refractivity contribution is 5.79. The minimum Gasteiger partial charge on any atom is -0.444 e. The van der Waals surface area contributed by atoms with Crippen molar-refractivity contribution in [2.75, 3.05) is 26.7 Å². The molecule has 136 valence electrons. The quantitative estimate of drug-likeness (QED) is 0.385. The number of nitrogens with one attached hydrogen (secondary N) is 3. The molecule has 0 saturated heterocycles. The molecule has 1 heterocycles. The van der Waals surface area contributed by atoms with Crippen LogP contribution >= 0.6 is 0 Å². The normalized spacial score (nSPS) is 12.0. The summed E-state index contributed by atoms with van der Waals surface area (Å²) in [5.74, 6) is 1.91. The molecule has 0 atom stereocenters. The van der Waals surface area contributed by atoms with Crippen molar-refractivity contribution in [1.29, 1.82) is 0 Å². The van der Waals surface area contributed by atoms with Gasteiger partial charge >= 0.3 is 6.09 Å². The average molecular weight is 340 g/mol. The fraction of sp³-hybridized carbons (Fsp3) is 0.733. The predicted molar refractivity (Wildman–Crippen MR) is 91.0 cm³/mol. The van der Waals surface area contributed by atoms with Gasteiger partial charge in [0.1, 0.15) is 5.60 Å². The SMILES string of the molecule is CN=C(NCCCNC(=O)OC(C)(C)C)NCCc1nc(C)no1. The van der Waals surface area contributed by atoms with E-state index in [-0.39, 0.29) is 0 Å². The van der Waals surface area contributed by atoms with Crippen molar-refractivity contribution in [3.63, 3.8) is 0 Å². The monoisotopic (exact) mass is 340 g/mol. The van der Waals surface area contributed by atoms with Crippen LogP contribution in [0.5, 0.6) is 0 Å². The van der Waals surface area contributed by atoms with Gasteiger partial charge in [-0.2, -0.15) is 4.98 Å². The van der Waals surface area contributed by atoms with Crippen LogP contribution in [0.2, 0.25) is 0 Å². The summed E-state index contributed by atoms with van der Waals surface area (Å²) in [6.45, 7) is 9.12. The van der Waals surface area contributed by atoms with Gasteiger partial charge in [-0.15, -0.1) is 0 Å². The van der Waals surface area contributed by atoms with Crippen LogP contribution in [0, 0.1) is 6.92 Å². The standard InChI is InChI=1S/C15H28N6O3/c1-11-20-12(24-21-11)7-10-18-13(16-5)17-8-6-9-19-14(22)23-15(2,3)4/h6-10H2,1-5H3,(H,19,22)(H2,16,17,18). The second-order valence-corrected chi connectivity index (χ2v) is 6.19. The minimum absolute atomic E-state index is 0.403. The highest BCUT2D eigenvalue weighted by Gasteiger charge is 2.15. The summed E-state index contributed by atoms with van der Waals surface area (Å²) in [6, 6.07) is 0. The third-order valence-corrected chi connectivity index (χ3v) is 2.74. The number of hydrogen-bond donors (Lipinski definition) is 3. The largest absolute Gasteiger partial charge is 0.444 e. The number of guanidine groups is 1. The lowest BCUT2D eigenvalue weighted by atomic mass is 10.2. The van der Waals surface area contributed by atoms with E-state index < -0.39 is 11.7 Å². The van der Waals surface area contributed by atoms with Gasteiger partial charge in [0.2, 0.25) is 5.89 Å². The number of amides is 1. The summed E-state index contributed by atoms with van der Waals surface area (Å²) in [7, 11) is 1.70. The molecule has 3 N–H and O–H groups in total. The second kappa shape index (κ2) is 9.74. The lowest BCUT2D eigenvalue weighted by molar-refractivity contribution is 0.0527. The van der Waals surface area contributed by atoms with E-state index in [1.54, 1.807) is 14.0 Å². The number of alkyl carbamates (subject to hydrolysis) is 1. The summed E-state index contributed by atoms with van der Waals surface area (Å²) < 4.78 is 10.2. The first-order valence-electron chi connectivity index (χ1n) is 8.00. The minimum atomic E-state index is -0.481. The molecule has 0 aliphatic heterocycles. The van der Waals surface area contributed by atoms with Gasteiger partial charge in [0.05, 0.1) is 0 Å². The molecule has 0 aliphatic rings. The van der Waals surface area contributed by atoms with E-state index in [2.05, 4.69) is 31.1 Å². The van der Waals surface area contributed by atoms with Gasteiger partial charge in [-0.25, -0.2) is 4.79 Å². The summed E-state index contributed by atoms with van der Waals surface area (Å²) in [6.07, 6.45) is 0.977. The van der Waals surface area contributed by atoms with E-state index in [4.69, 9.17) is 9.26 Å². The molecule has 0 radical (unpaired) electrons. The zero-order chi connectivity index (χ0) is 18.0. The van der Waals surface area contributed by atoms with Gasteiger partial charge in [0.15, 0.2) is 11.8 Å². The highest BCUT2D eigenvalue weighted by atomic mass is 16.6. The zero-order valence-corrected chi connectivity index (χ0v) is 15.1. The van der Waals surface area contributed by atoms with Crippen molar-refractivity contribution in [3.8, 4) is 0 Å². The summed E-state index contributed by atoms with van der Waals surface area (Å²) in [4.78, 5) is 19.7. The smallest absolute Gasteiger partial charge is 0.407 e. The first-order valence-corrected chi connectivity index (χ1v) is 8.00. The van der Waals surface area contributed by atoms with E-state index in [0.29, 0.717) is 43.7 Å². The number of aryl methyl sites for hydroxylation is 1. The Labute approximate surface area is 142 Å². The Bertz CT molecular complexity index is 536. The molecular weight excluding hydrogens is 312 g/mol. The molecule has 0 fully saturated rings. The Morgan fingerprint density at radius 2 is 1.88 bits per heavy atom. The molecule has 0 aromatic carbocycles. The van der Waals surface area contributed by atoms with Crippen molar-refractivity contribution >= 4 is 12.1 Å². The number of rotatable bonds is 7. The van der Waals surface area contributed by atoms with Crippen LogP contribution in [0.15, 0.2) is 9.52 Å². The van der Waals surface area contributed by atoms with Gasteiger partial charge in [0.25, 0.3) is 0 Å². The maximum absolute atomic E-state index is 11.5. The van der Waals surface area contributed by atoms with Crippen LogP contribution in [0.3, 0.4) is 0 Å². The van der Waals surface area contributed by atoms with Gasteiger partial charge in [-0.3, -0.25) is 4.99 Å². The molecule has 0 unspecified atom stereocenters. The van der Waals surface area contributed by atoms with Gasteiger partial charge in [-0.05, 0) is 34.1 Å². The number of carbonyl (C=O) groups is 1.